The van der Waals surface area contributed by atoms with Gasteiger partial charge in [-0.15, -0.1) is 0 Å². The predicted molar refractivity (Wildman–Crippen MR) is 59.7 cm³/mol. The Morgan fingerprint density at radius 2 is 2.08 bits per heavy atom. The first-order valence-electron chi connectivity index (χ1n) is 5.08. The quantitative estimate of drug-likeness (QED) is 0.560. The monoisotopic (exact) mass is 176 g/mol. The summed E-state index contributed by atoms with van der Waals surface area (Å²) in [6, 6.07) is 0. The van der Waals surface area contributed by atoms with Gasteiger partial charge in [0.05, 0.1) is 0 Å². The van der Waals surface area contributed by atoms with Crippen molar-refractivity contribution >= 4 is 0 Å². The molecule has 0 radical (unpaired) electrons. The van der Waals surface area contributed by atoms with E-state index in [4.69, 9.17) is 0 Å². The molecule has 0 unspecified atom stereocenters. The van der Waals surface area contributed by atoms with Crippen LogP contribution in [0.25, 0.3) is 0 Å². The van der Waals surface area contributed by atoms with Gasteiger partial charge in [-0.25, -0.2) is 0 Å². The van der Waals surface area contributed by atoms with Gasteiger partial charge in [0.1, 0.15) is 0 Å². The molecule has 0 aromatic rings. The maximum absolute atomic E-state index is 2.35. The summed E-state index contributed by atoms with van der Waals surface area (Å²) in [7, 11) is 0. The van der Waals surface area contributed by atoms with Gasteiger partial charge in [-0.1, -0.05) is 43.7 Å². The van der Waals surface area contributed by atoms with Crippen LogP contribution in [0.1, 0.15) is 40.5 Å². The van der Waals surface area contributed by atoms with Crippen LogP contribution < -0.4 is 0 Å². The van der Waals surface area contributed by atoms with Crippen molar-refractivity contribution in [2.24, 2.45) is 5.41 Å². The lowest BCUT2D eigenvalue weighted by Gasteiger charge is -2.32. The maximum Gasteiger partial charge on any atom is -0.00981 e. The molecule has 0 spiro atoms. The Bertz CT molecular complexity index is 262. The number of hydrogen-bond acceptors (Lipinski definition) is 0. The van der Waals surface area contributed by atoms with E-state index in [1.807, 2.05) is 0 Å². The summed E-state index contributed by atoms with van der Waals surface area (Å²) in [6.07, 6.45) is 11.3. The highest BCUT2D eigenvalue weighted by atomic mass is 14.3. The van der Waals surface area contributed by atoms with Gasteiger partial charge in [0, 0.05) is 0 Å². The number of rotatable bonds is 1. The van der Waals surface area contributed by atoms with Crippen molar-refractivity contribution in [1.29, 1.82) is 0 Å². The average Bonchev–Trinajstić information content (AvgIpc) is 2.02. The van der Waals surface area contributed by atoms with Gasteiger partial charge in [0.2, 0.25) is 0 Å². The van der Waals surface area contributed by atoms with Crippen LogP contribution in [0.3, 0.4) is 0 Å². The van der Waals surface area contributed by atoms with Gasteiger partial charge >= 0.3 is 0 Å². The highest BCUT2D eigenvalue weighted by molar-refractivity contribution is 5.39. The van der Waals surface area contributed by atoms with Crippen LogP contribution in [0.5, 0.6) is 0 Å². The third-order valence-corrected chi connectivity index (χ3v) is 2.83. The molecule has 0 aliphatic heterocycles. The van der Waals surface area contributed by atoms with Crippen LogP contribution >= 0.6 is 0 Å². The van der Waals surface area contributed by atoms with Crippen LogP contribution in [-0.4, -0.2) is 0 Å². The zero-order valence-electron chi connectivity index (χ0n) is 9.22. The fourth-order valence-electron chi connectivity index (χ4n) is 1.98. The van der Waals surface area contributed by atoms with Gasteiger partial charge in [-0.3, -0.25) is 0 Å². The topological polar surface area (TPSA) is 0 Å². The molecular weight excluding hydrogens is 156 g/mol. The highest BCUT2D eigenvalue weighted by Crippen LogP contribution is 2.40. The van der Waals surface area contributed by atoms with Crippen molar-refractivity contribution < 1.29 is 0 Å². The summed E-state index contributed by atoms with van der Waals surface area (Å²) in [6.45, 7) is 8.94. The van der Waals surface area contributed by atoms with E-state index in [9.17, 15) is 0 Å². The van der Waals surface area contributed by atoms with Crippen LogP contribution in [0.4, 0.5) is 0 Å². The summed E-state index contributed by atoms with van der Waals surface area (Å²) in [5.41, 5.74) is 3.31. The minimum Gasteiger partial charge on any atom is -0.0877 e. The SMILES string of the molecule is C/C=C\C=C1\C(C)=CCCC1(C)C. The zero-order valence-corrected chi connectivity index (χ0v) is 9.22. The summed E-state index contributed by atoms with van der Waals surface area (Å²) >= 11 is 0. The first-order valence-corrected chi connectivity index (χ1v) is 5.08. The molecule has 72 valence electrons. The first kappa shape index (κ1) is 10.3. The van der Waals surface area contributed by atoms with Gasteiger partial charge in [-0.2, -0.15) is 0 Å². The molecule has 0 saturated heterocycles. The van der Waals surface area contributed by atoms with Crippen molar-refractivity contribution in [3.63, 3.8) is 0 Å². The predicted octanol–water partition coefficient (Wildman–Crippen LogP) is 4.26. The largest absolute Gasteiger partial charge is 0.0877 e. The Morgan fingerprint density at radius 3 is 2.62 bits per heavy atom. The molecule has 0 heterocycles. The molecule has 0 nitrogen and oxygen atoms in total. The van der Waals surface area contributed by atoms with Crippen LogP contribution in [0.2, 0.25) is 0 Å². The second-order valence-corrected chi connectivity index (χ2v) is 4.42. The fraction of sp³-hybridized carbons (Fsp3) is 0.538. The molecule has 0 heteroatoms. The average molecular weight is 176 g/mol. The minimum atomic E-state index is 0.359. The lowest BCUT2D eigenvalue weighted by molar-refractivity contribution is 0.404. The summed E-state index contributed by atoms with van der Waals surface area (Å²) in [4.78, 5) is 0. The van der Waals surface area contributed by atoms with Gasteiger partial charge in [0.25, 0.3) is 0 Å². The molecule has 1 aliphatic carbocycles. The Balaban J connectivity index is 3.00. The third kappa shape index (κ3) is 2.33. The number of allylic oxidation sites excluding steroid dienone is 6. The molecular formula is C13H20. The van der Waals surface area contributed by atoms with Crippen LogP contribution in [-0.2, 0) is 0 Å². The van der Waals surface area contributed by atoms with Crippen molar-refractivity contribution in [2.45, 2.75) is 40.5 Å². The standard InChI is InChI=1S/C13H20/c1-5-6-9-12-11(2)8-7-10-13(12,3)4/h5-6,8-9H,7,10H2,1-4H3/b6-5-,12-9-. The second-order valence-electron chi connectivity index (χ2n) is 4.42. The van der Waals surface area contributed by atoms with E-state index in [0.29, 0.717) is 5.41 Å². The van der Waals surface area contributed by atoms with Crippen LogP contribution in [0.15, 0.2) is 35.5 Å². The molecule has 13 heavy (non-hydrogen) atoms. The zero-order chi connectivity index (χ0) is 9.90. The third-order valence-electron chi connectivity index (χ3n) is 2.83. The van der Waals surface area contributed by atoms with E-state index in [2.05, 4.69) is 52.0 Å². The minimum absolute atomic E-state index is 0.359. The summed E-state index contributed by atoms with van der Waals surface area (Å²) in [5, 5.41) is 0. The van der Waals surface area contributed by atoms with Crippen molar-refractivity contribution in [3.8, 4) is 0 Å². The van der Waals surface area contributed by atoms with Crippen molar-refractivity contribution in [3.05, 3.63) is 35.5 Å². The Labute approximate surface area is 82.0 Å². The molecule has 0 aromatic carbocycles. The Morgan fingerprint density at radius 1 is 1.38 bits per heavy atom. The molecule has 0 bridgehead atoms. The first-order chi connectivity index (χ1) is 6.08. The molecule has 1 aliphatic rings. The molecule has 0 amide bonds. The molecule has 0 N–H and O–H groups in total. The smallest absolute Gasteiger partial charge is 0.00981 e. The molecule has 0 saturated carbocycles. The van der Waals surface area contributed by atoms with Crippen LogP contribution in [0, 0.1) is 5.41 Å². The molecule has 0 atom stereocenters. The van der Waals surface area contributed by atoms with Crippen molar-refractivity contribution in [1.82, 2.24) is 0 Å². The van der Waals surface area contributed by atoms with Gasteiger partial charge < -0.3 is 0 Å². The molecule has 1 rings (SSSR count). The number of hydrogen-bond donors (Lipinski definition) is 0. The van der Waals surface area contributed by atoms with E-state index in [0.717, 1.165) is 0 Å². The lowest BCUT2D eigenvalue weighted by Crippen LogP contribution is -2.18. The summed E-state index contributed by atoms with van der Waals surface area (Å²) in [5.74, 6) is 0. The second kappa shape index (κ2) is 3.95. The van der Waals surface area contributed by atoms with E-state index < -0.39 is 0 Å². The van der Waals surface area contributed by atoms with E-state index in [1.54, 1.807) is 0 Å². The van der Waals surface area contributed by atoms with E-state index >= 15 is 0 Å². The summed E-state index contributed by atoms with van der Waals surface area (Å²) < 4.78 is 0. The van der Waals surface area contributed by atoms with E-state index in [-0.39, 0.29) is 0 Å². The van der Waals surface area contributed by atoms with Crippen molar-refractivity contribution in [2.75, 3.05) is 0 Å². The lowest BCUT2D eigenvalue weighted by atomic mass is 9.73. The van der Waals surface area contributed by atoms with Gasteiger partial charge in [0.15, 0.2) is 0 Å². The molecule has 0 aromatic heterocycles. The van der Waals surface area contributed by atoms with E-state index in [1.165, 1.54) is 24.0 Å². The van der Waals surface area contributed by atoms with Gasteiger partial charge in [-0.05, 0) is 37.7 Å². The Hall–Kier alpha value is -0.780. The molecule has 0 fully saturated rings. The maximum atomic E-state index is 2.35. The Kier molecular flexibility index (Phi) is 3.13. The highest BCUT2D eigenvalue weighted by Gasteiger charge is 2.25. The fourth-order valence-corrected chi connectivity index (χ4v) is 1.98. The normalized spacial score (nSPS) is 25.2.